The highest BCUT2D eigenvalue weighted by molar-refractivity contribution is 7.10. The van der Waals surface area contributed by atoms with Gasteiger partial charge < -0.3 is 10.1 Å². The third kappa shape index (κ3) is 3.11. The van der Waals surface area contributed by atoms with Crippen LogP contribution in [0, 0.1) is 6.92 Å². The van der Waals surface area contributed by atoms with Crippen LogP contribution in [-0.2, 0) is 6.54 Å². The monoisotopic (exact) mass is 261 g/mol. The molecule has 18 heavy (non-hydrogen) atoms. The molecule has 0 spiro atoms. The van der Waals surface area contributed by atoms with Gasteiger partial charge in [0.1, 0.15) is 5.75 Å². The fourth-order valence-electron chi connectivity index (χ4n) is 1.59. The van der Waals surface area contributed by atoms with Crippen molar-refractivity contribution in [2.24, 2.45) is 0 Å². The fraction of sp³-hybridized carbons (Fsp3) is 0.214. The van der Waals surface area contributed by atoms with Crippen molar-refractivity contribution in [3.05, 3.63) is 51.7 Å². The lowest BCUT2D eigenvalue weighted by Crippen LogP contribution is -2.22. The summed E-state index contributed by atoms with van der Waals surface area (Å²) in [7, 11) is 1.63. The van der Waals surface area contributed by atoms with Crippen LogP contribution >= 0.6 is 11.3 Å². The minimum atomic E-state index is -0.0323. The van der Waals surface area contributed by atoms with Crippen LogP contribution in [0.4, 0.5) is 0 Å². The van der Waals surface area contributed by atoms with Crippen molar-refractivity contribution < 1.29 is 9.53 Å². The summed E-state index contributed by atoms with van der Waals surface area (Å²) in [6.45, 7) is 2.52. The molecule has 94 valence electrons. The topological polar surface area (TPSA) is 38.3 Å². The summed E-state index contributed by atoms with van der Waals surface area (Å²) in [6.07, 6.45) is 0. The van der Waals surface area contributed by atoms with E-state index in [0.29, 0.717) is 6.54 Å². The maximum atomic E-state index is 11.8. The first kappa shape index (κ1) is 12.6. The number of hydrogen-bond acceptors (Lipinski definition) is 3. The van der Waals surface area contributed by atoms with Crippen LogP contribution in [0.5, 0.6) is 5.75 Å². The number of methoxy groups -OCH3 is 1. The lowest BCUT2D eigenvalue weighted by atomic mass is 10.2. The molecule has 0 aliphatic heterocycles. The Morgan fingerprint density at radius 2 is 2.06 bits per heavy atom. The summed E-state index contributed by atoms with van der Waals surface area (Å²) in [5, 5.41) is 4.77. The highest BCUT2D eigenvalue weighted by atomic mass is 32.1. The summed E-state index contributed by atoms with van der Waals surface area (Å²) in [4.78, 5) is 13.0. The summed E-state index contributed by atoms with van der Waals surface area (Å²) in [5.41, 5.74) is 1.78. The second-order valence-corrected chi connectivity index (χ2v) is 5.09. The predicted molar refractivity (Wildman–Crippen MR) is 73.2 cm³/mol. The Balaban J connectivity index is 1.92. The molecule has 2 rings (SSSR count). The highest BCUT2D eigenvalue weighted by Gasteiger charge is 2.06. The molecular formula is C14H15NO2S. The average Bonchev–Trinajstić information content (AvgIpc) is 2.83. The Morgan fingerprint density at radius 3 is 2.61 bits per heavy atom. The molecule has 1 heterocycles. The number of hydrogen-bond donors (Lipinski definition) is 1. The van der Waals surface area contributed by atoms with Gasteiger partial charge in [-0.1, -0.05) is 12.1 Å². The third-order valence-corrected chi connectivity index (χ3v) is 3.47. The van der Waals surface area contributed by atoms with Crippen LogP contribution in [0.2, 0.25) is 0 Å². The third-order valence-electron chi connectivity index (χ3n) is 2.60. The van der Waals surface area contributed by atoms with E-state index in [1.807, 2.05) is 42.6 Å². The Labute approximate surface area is 110 Å². The Kier molecular flexibility index (Phi) is 3.99. The van der Waals surface area contributed by atoms with Gasteiger partial charge in [0.25, 0.3) is 5.91 Å². The van der Waals surface area contributed by atoms with Crippen molar-refractivity contribution >= 4 is 17.2 Å². The molecule has 1 amide bonds. The molecule has 0 atom stereocenters. The zero-order chi connectivity index (χ0) is 13.0. The SMILES string of the molecule is COc1ccc(CNC(=O)c2csc(C)c2)cc1. The quantitative estimate of drug-likeness (QED) is 0.918. The number of nitrogens with one attached hydrogen (secondary N) is 1. The van der Waals surface area contributed by atoms with Gasteiger partial charge in [-0.05, 0) is 30.7 Å². The van der Waals surface area contributed by atoms with Gasteiger partial charge in [-0.15, -0.1) is 11.3 Å². The van der Waals surface area contributed by atoms with E-state index >= 15 is 0 Å². The first-order valence-electron chi connectivity index (χ1n) is 5.65. The van der Waals surface area contributed by atoms with E-state index in [4.69, 9.17) is 4.74 Å². The van der Waals surface area contributed by atoms with E-state index < -0.39 is 0 Å². The molecule has 0 saturated carbocycles. The molecule has 1 aromatic carbocycles. The number of amides is 1. The predicted octanol–water partition coefficient (Wildman–Crippen LogP) is 3.00. The van der Waals surface area contributed by atoms with E-state index in [9.17, 15) is 4.79 Å². The first-order valence-corrected chi connectivity index (χ1v) is 6.53. The Morgan fingerprint density at radius 1 is 1.33 bits per heavy atom. The van der Waals surface area contributed by atoms with Crippen LogP contribution in [-0.4, -0.2) is 13.0 Å². The summed E-state index contributed by atoms with van der Waals surface area (Å²) < 4.78 is 5.08. The molecule has 1 aromatic heterocycles. The van der Waals surface area contributed by atoms with E-state index in [2.05, 4.69) is 5.32 Å². The molecule has 2 aromatic rings. The standard InChI is InChI=1S/C14H15NO2S/c1-10-7-12(9-18-10)14(16)15-8-11-3-5-13(17-2)6-4-11/h3-7,9H,8H2,1-2H3,(H,15,16). The molecule has 0 aliphatic rings. The lowest BCUT2D eigenvalue weighted by molar-refractivity contribution is 0.0951. The molecule has 0 aliphatic carbocycles. The van der Waals surface area contributed by atoms with E-state index in [1.165, 1.54) is 0 Å². The van der Waals surface area contributed by atoms with Crippen molar-refractivity contribution in [3.8, 4) is 5.75 Å². The maximum Gasteiger partial charge on any atom is 0.252 e. The minimum absolute atomic E-state index is 0.0323. The van der Waals surface area contributed by atoms with Crippen LogP contribution in [0.15, 0.2) is 35.7 Å². The summed E-state index contributed by atoms with van der Waals surface area (Å²) in [6, 6.07) is 9.55. The molecular weight excluding hydrogens is 246 g/mol. The zero-order valence-corrected chi connectivity index (χ0v) is 11.2. The second kappa shape index (κ2) is 5.69. The lowest BCUT2D eigenvalue weighted by Gasteiger charge is -2.05. The molecule has 0 radical (unpaired) electrons. The number of benzene rings is 1. The van der Waals surface area contributed by atoms with Crippen LogP contribution in [0.1, 0.15) is 20.8 Å². The zero-order valence-electron chi connectivity index (χ0n) is 10.4. The molecule has 0 saturated heterocycles. The van der Waals surface area contributed by atoms with Gasteiger partial charge in [-0.25, -0.2) is 0 Å². The second-order valence-electron chi connectivity index (χ2n) is 3.98. The van der Waals surface area contributed by atoms with Crippen LogP contribution in [0.3, 0.4) is 0 Å². The number of carbonyl (C=O) groups is 1. The van der Waals surface area contributed by atoms with Crippen molar-refractivity contribution in [2.45, 2.75) is 13.5 Å². The average molecular weight is 261 g/mol. The van der Waals surface area contributed by atoms with E-state index in [1.54, 1.807) is 18.4 Å². The van der Waals surface area contributed by atoms with Gasteiger partial charge in [0.2, 0.25) is 0 Å². The number of thiophene rings is 1. The van der Waals surface area contributed by atoms with Crippen molar-refractivity contribution in [1.29, 1.82) is 0 Å². The first-order chi connectivity index (χ1) is 8.69. The normalized spacial score (nSPS) is 10.1. The number of aryl methyl sites for hydroxylation is 1. The van der Waals surface area contributed by atoms with Gasteiger partial charge >= 0.3 is 0 Å². The van der Waals surface area contributed by atoms with Gasteiger partial charge in [0.05, 0.1) is 12.7 Å². The number of ether oxygens (including phenoxy) is 1. The number of carbonyl (C=O) groups excluding carboxylic acids is 1. The fourth-order valence-corrected chi connectivity index (χ4v) is 2.27. The van der Waals surface area contributed by atoms with Gasteiger partial charge in [0.15, 0.2) is 0 Å². The van der Waals surface area contributed by atoms with Crippen molar-refractivity contribution in [3.63, 3.8) is 0 Å². The molecule has 0 fully saturated rings. The van der Waals surface area contributed by atoms with Crippen molar-refractivity contribution in [2.75, 3.05) is 7.11 Å². The highest BCUT2D eigenvalue weighted by Crippen LogP contribution is 2.14. The van der Waals surface area contributed by atoms with Crippen LogP contribution in [0.25, 0.3) is 0 Å². The largest absolute Gasteiger partial charge is 0.497 e. The molecule has 0 unspecified atom stereocenters. The maximum absolute atomic E-state index is 11.8. The van der Waals surface area contributed by atoms with Gasteiger partial charge in [0, 0.05) is 16.8 Å². The summed E-state index contributed by atoms with van der Waals surface area (Å²) in [5.74, 6) is 0.786. The Hall–Kier alpha value is -1.81. The van der Waals surface area contributed by atoms with E-state index in [0.717, 1.165) is 21.8 Å². The smallest absolute Gasteiger partial charge is 0.252 e. The van der Waals surface area contributed by atoms with Gasteiger partial charge in [-0.3, -0.25) is 4.79 Å². The van der Waals surface area contributed by atoms with Crippen molar-refractivity contribution in [1.82, 2.24) is 5.32 Å². The van der Waals surface area contributed by atoms with Crippen LogP contribution < -0.4 is 10.1 Å². The van der Waals surface area contributed by atoms with Gasteiger partial charge in [-0.2, -0.15) is 0 Å². The summed E-state index contributed by atoms with van der Waals surface area (Å²) >= 11 is 1.58. The molecule has 3 nitrogen and oxygen atoms in total. The van der Waals surface area contributed by atoms with E-state index in [-0.39, 0.29) is 5.91 Å². The molecule has 0 bridgehead atoms. The number of rotatable bonds is 4. The molecule has 4 heteroatoms. The Bertz CT molecular complexity index is 531. The molecule has 1 N–H and O–H groups in total. The minimum Gasteiger partial charge on any atom is -0.497 e.